The highest BCUT2D eigenvalue weighted by Crippen LogP contribution is 2.26. The average Bonchev–Trinajstić information content (AvgIpc) is 3.38. The lowest BCUT2D eigenvalue weighted by molar-refractivity contribution is -0.127. The van der Waals surface area contributed by atoms with Crippen molar-refractivity contribution in [2.75, 3.05) is 0 Å². The minimum Gasteiger partial charge on any atom is -0.481 e. The van der Waals surface area contributed by atoms with Crippen LogP contribution >= 0.6 is 0 Å². The van der Waals surface area contributed by atoms with E-state index in [9.17, 15) is 4.79 Å². The lowest BCUT2D eigenvalue weighted by atomic mass is 10.1. The zero-order valence-electron chi connectivity index (χ0n) is 15.1. The fraction of sp³-hybridized carbons (Fsp3) is 0.300. The van der Waals surface area contributed by atoms with Crippen LogP contribution in [0.2, 0.25) is 0 Å². The Balaban J connectivity index is 1.31. The third kappa shape index (κ3) is 3.97. The summed E-state index contributed by atoms with van der Waals surface area (Å²) in [7, 11) is 0. The summed E-state index contributed by atoms with van der Waals surface area (Å²) in [5.74, 6) is 1.27. The molecule has 0 fully saturated rings. The largest absolute Gasteiger partial charge is 0.481 e. The van der Waals surface area contributed by atoms with E-state index < -0.39 is 6.10 Å². The number of fused-ring (bicyclic) bond motifs is 1. The van der Waals surface area contributed by atoms with Crippen LogP contribution in [-0.2, 0) is 24.2 Å². The fourth-order valence-electron chi connectivity index (χ4n) is 3.20. The number of carbonyl (C=O) groups excluding carboxylic acids is 1. The molecule has 4 rings (SSSR count). The molecule has 27 heavy (non-hydrogen) atoms. The number of benzene rings is 1. The molecule has 1 amide bonds. The molecule has 2 heterocycles. The fourth-order valence-corrected chi connectivity index (χ4v) is 3.20. The Kier molecular flexibility index (Phi) is 4.82. The quantitative estimate of drug-likeness (QED) is 0.726. The van der Waals surface area contributed by atoms with Gasteiger partial charge in [0.05, 0.1) is 0 Å². The van der Waals surface area contributed by atoms with Crippen LogP contribution in [0.1, 0.15) is 30.0 Å². The van der Waals surface area contributed by atoms with Crippen molar-refractivity contribution in [2.45, 2.75) is 38.8 Å². The Labute approximate surface area is 157 Å². The van der Waals surface area contributed by atoms with Crippen LogP contribution in [-0.4, -0.2) is 31.8 Å². The third-order valence-electron chi connectivity index (χ3n) is 4.68. The molecule has 0 spiro atoms. The molecule has 138 valence electrons. The molecule has 7 heteroatoms. The Morgan fingerprint density at radius 3 is 2.93 bits per heavy atom. The van der Waals surface area contributed by atoms with E-state index in [0.717, 1.165) is 24.2 Å². The molecule has 1 aliphatic rings. The van der Waals surface area contributed by atoms with E-state index in [4.69, 9.17) is 4.74 Å². The number of pyridine rings is 1. The first kappa shape index (κ1) is 17.2. The second kappa shape index (κ2) is 7.57. The summed E-state index contributed by atoms with van der Waals surface area (Å²) in [6.45, 7) is 2.15. The monoisotopic (exact) mass is 363 g/mol. The number of carbonyl (C=O) groups is 1. The lowest BCUT2D eigenvalue weighted by Gasteiger charge is -2.15. The molecule has 2 aromatic heterocycles. The molecule has 7 nitrogen and oxygen atoms in total. The highest BCUT2D eigenvalue weighted by Gasteiger charge is 2.16. The molecule has 0 aliphatic heterocycles. The van der Waals surface area contributed by atoms with Crippen LogP contribution in [0, 0.1) is 0 Å². The summed E-state index contributed by atoms with van der Waals surface area (Å²) < 4.78 is 7.39. The van der Waals surface area contributed by atoms with Crippen molar-refractivity contribution < 1.29 is 9.53 Å². The topological polar surface area (TPSA) is 81.9 Å². The van der Waals surface area contributed by atoms with E-state index in [-0.39, 0.29) is 5.91 Å². The maximum Gasteiger partial charge on any atom is 0.261 e. The van der Waals surface area contributed by atoms with Gasteiger partial charge in [0.1, 0.15) is 18.4 Å². The summed E-state index contributed by atoms with van der Waals surface area (Å²) in [6.07, 6.45) is 7.61. The second-order valence-corrected chi connectivity index (χ2v) is 6.63. The van der Waals surface area contributed by atoms with Gasteiger partial charge in [-0.1, -0.05) is 12.1 Å². The molecule has 0 saturated carbocycles. The maximum atomic E-state index is 12.3. The van der Waals surface area contributed by atoms with Crippen molar-refractivity contribution in [1.82, 2.24) is 25.1 Å². The van der Waals surface area contributed by atoms with E-state index in [2.05, 4.69) is 32.5 Å². The first-order chi connectivity index (χ1) is 13.2. The van der Waals surface area contributed by atoms with E-state index in [0.29, 0.717) is 12.4 Å². The Morgan fingerprint density at radius 1 is 1.26 bits per heavy atom. The molecule has 1 atom stereocenters. The normalized spacial score (nSPS) is 13.8. The molecule has 3 aromatic rings. The molecule has 0 unspecified atom stereocenters. The third-order valence-corrected chi connectivity index (χ3v) is 4.68. The summed E-state index contributed by atoms with van der Waals surface area (Å²) in [5, 5.41) is 6.92. The van der Waals surface area contributed by atoms with Gasteiger partial charge in [0, 0.05) is 12.7 Å². The zero-order valence-corrected chi connectivity index (χ0v) is 15.1. The van der Waals surface area contributed by atoms with Gasteiger partial charge in [-0.15, -0.1) is 0 Å². The van der Waals surface area contributed by atoms with Gasteiger partial charge in [-0.25, -0.2) is 14.6 Å². The maximum absolute atomic E-state index is 12.3. The Hall–Kier alpha value is -3.22. The van der Waals surface area contributed by atoms with Crippen LogP contribution in [0.3, 0.4) is 0 Å². The predicted molar refractivity (Wildman–Crippen MR) is 99.6 cm³/mol. The Morgan fingerprint density at radius 2 is 2.15 bits per heavy atom. The predicted octanol–water partition coefficient (Wildman–Crippen LogP) is 2.23. The molecule has 0 saturated heterocycles. The van der Waals surface area contributed by atoms with E-state index in [1.165, 1.54) is 23.9 Å². The van der Waals surface area contributed by atoms with Crippen molar-refractivity contribution in [3.05, 3.63) is 65.9 Å². The van der Waals surface area contributed by atoms with E-state index in [1.807, 2.05) is 18.2 Å². The zero-order chi connectivity index (χ0) is 18.6. The number of aromatic nitrogens is 4. The van der Waals surface area contributed by atoms with Gasteiger partial charge in [0.2, 0.25) is 0 Å². The van der Waals surface area contributed by atoms with Gasteiger partial charge in [0.25, 0.3) is 5.91 Å². The van der Waals surface area contributed by atoms with E-state index >= 15 is 0 Å². The van der Waals surface area contributed by atoms with Gasteiger partial charge in [-0.05, 0) is 61.1 Å². The first-order valence-electron chi connectivity index (χ1n) is 9.05. The molecule has 0 bridgehead atoms. The molecular formula is C20H21N5O2. The van der Waals surface area contributed by atoms with Gasteiger partial charge in [-0.3, -0.25) is 4.79 Å². The number of nitrogens with zero attached hydrogens (tertiary/aromatic N) is 4. The van der Waals surface area contributed by atoms with Crippen molar-refractivity contribution in [3.63, 3.8) is 0 Å². The molecule has 0 radical (unpaired) electrons. The number of hydrogen-bond donors (Lipinski definition) is 1. The van der Waals surface area contributed by atoms with E-state index in [1.54, 1.807) is 24.1 Å². The van der Waals surface area contributed by atoms with Crippen molar-refractivity contribution in [1.29, 1.82) is 0 Å². The van der Waals surface area contributed by atoms with Gasteiger partial charge < -0.3 is 10.1 Å². The van der Waals surface area contributed by atoms with Crippen LogP contribution in [0.25, 0.3) is 5.82 Å². The minimum absolute atomic E-state index is 0.157. The van der Waals surface area contributed by atoms with Crippen LogP contribution < -0.4 is 10.1 Å². The number of aryl methyl sites for hydroxylation is 2. The summed E-state index contributed by atoms with van der Waals surface area (Å²) in [5.41, 5.74) is 3.62. The summed E-state index contributed by atoms with van der Waals surface area (Å²) in [6, 6.07) is 9.83. The van der Waals surface area contributed by atoms with Crippen LogP contribution in [0.5, 0.6) is 5.75 Å². The first-order valence-corrected chi connectivity index (χ1v) is 9.05. The van der Waals surface area contributed by atoms with Crippen molar-refractivity contribution >= 4 is 5.91 Å². The standard InChI is InChI=1S/C20H21N5O2/c1-14(27-18-7-6-16-3-2-4-17(16)9-18)20(26)23-11-15-5-8-19(22-10-15)25-13-21-12-24-25/h5-10,12-14H,2-4,11H2,1H3,(H,23,26)/t14-/m1/s1. The van der Waals surface area contributed by atoms with Crippen molar-refractivity contribution in [3.8, 4) is 11.6 Å². The number of nitrogens with one attached hydrogen (secondary N) is 1. The minimum atomic E-state index is -0.563. The van der Waals surface area contributed by atoms with Crippen LogP contribution in [0.4, 0.5) is 0 Å². The molecular weight excluding hydrogens is 342 g/mol. The van der Waals surface area contributed by atoms with Gasteiger partial charge in [-0.2, -0.15) is 5.10 Å². The van der Waals surface area contributed by atoms with Gasteiger partial charge >= 0.3 is 0 Å². The number of ether oxygens (including phenoxy) is 1. The average molecular weight is 363 g/mol. The SMILES string of the molecule is C[C@@H](Oc1ccc2c(c1)CCC2)C(=O)NCc1ccc(-n2cncn2)nc1. The second-order valence-electron chi connectivity index (χ2n) is 6.63. The van der Waals surface area contributed by atoms with Crippen molar-refractivity contribution in [2.24, 2.45) is 0 Å². The molecule has 1 aliphatic carbocycles. The highest BCUT2D eigenvalue weighted by atomic mass is 16.5. The Bertz CT molecular complexity index is 922. The van der Waals surface area contributed by atoms with Gasteiger partial charge in [0.15, 0.2) is 11.9 Å². The summed E-state index contributed by atoms with van der Waals surface area (Å²) in [4.78, 5) is 20.5. The summed E-state index contributed by atoms with van der Waals surface area (Å²) >= 11 is 0. The lowest BCUT2D eigenvalue weighted by Crippen LogP contribution is -2.35. The van der Waals surface area contributed by atoms with Crippen LogP contribution in [0.15, 0.2) is 49.2 Å². The smallest absolute Gasteiger partial charge is 0.261 e. The number of rotatable bonds is 6. The highest BCUT2D eigenvalue weighted by molar-refractivity contribution is 5.80. The molecule has 1 N–H and O–H groups in total. The molecule has 1 aromatic carbocycles. The number of amides is 1. The number of hydrogen-bond acceptors (Lipinski definition) is 5.